The molecule has 1 aromatic carbocycles. The molecule has 2 N–H and O–H groups in total. The Labute approximate surface area is 122 Å². The maximum absolute atomic E-state index is 13.0. The van der Waals surface area contributed by atoms with Crippen LogP contribution in [-0.2, 0) is 6.42 Å². The first-order valence-corrected chi connectivity index (χ1v) is 7.73. The third kappa shape index (κ3) is 3.04. The Balaban J connectivity index is 2.21. The lowest BCUT2D eigenvalue weighted by Crippen LogP contribution is -2.57. The first-order valence-electron chi connectivity index (χ1n) is 7.73. The quantitative estimate of drug-likeness (QED) is 0.895. The maximum atomic E-state index is 13.0. The molecule has 3 atom stereocenters. The lowest BCUT2D eigenvalue weighted by Gasteiger charge is -2.44. The van der Waals surface area contributed by atoms with Crippen molar-refractivity contribution in [2.45, 2.75) is 64.1 Å². The van der Waals surface area contributed by atoms with Crippen molar-refractivity contribution in [1.29, 1.82) is 0 Å². The summed E-state index contributed by atoms with van der Waals surface area (Å²) in [6, 6.07) is 8.04. The monoisotopic (exact) mass is 278 g/mol. The van der Waals surface area contributed by atoms with E-state index in [1.54, 1.807) is 0 Å². The smallest absolute Gasteiger partial charge is 0.123 e. The molecule has 20 heavy (non-hydrogen) atoms. The number of likely N-dealkylation sites (tertiary alicyclic amines) is 1. The standard InChI is InChI=1S/C17H27FN2/c1-4-16-10-5-13(2)20(16)17(3,12-19)11-14-6-8-15(18)9-7-14/h6-9,13,16H,4-5,10-12,19H2,1-3H3. The summed E-state index contributed by atoms with van der Waals surface area (Å²) in [6.07, 6.45) is 4.56. The Kier molecular flexibility index (Phi) is 4.82. The number of hydrogen-bond donors (Lipinski definition) is 1. The summed E-state index contributed by atoms with van der Waals surface area (Å²) in [5.74, 6) is -0.177. The summed E-state index contributed by atoms with van der Waals surface area (Å²) in [7, 11) is 0. The van der Waals surface area contributed by atoms with Crippen LogP contribution in [-0.4, -0.2) is 29.1 Å². The van der Waals surface area contributed by atoms with E-state index >= 15 is 0 Å². The van der Waals surface area contributed by atoms with Crippen molar-refractivity contribution in [3.05, 3.63) is 35.6 Å². The first kappa shape index (κ1) is 15.5. The predicted octanol–water partition coefficient (Wildman–Crippen LogP) is 3.35. The third-order valence-electron chi connectivity index (χ3n) is 4.82. The molecule has 112 valence electrons. The fourth-order valence-corrected chi connectivity index (χ4v) is 3.76. The van der Waals surface area contributed by atoms with Crippen LogP contribution in [0.25, 0.3) is 0 Å². The van der Waals surface area contributed by atoms with Gasteiger partial charge in [0, 0.05) is 24.2 Å². The molecule has 0 radical (unpaired) electrons. The highest BCUT2D eigenvalue weighted by Gasteiger charge is 2.41. The van der Waals surface area contributed by atoms with Gasteiger partial charge in [-0.1, -0.05) is 19.1 Å². The second kappa shape index (κ2) is 6.23. The second-order valence-electron chi connectivity index (χ2n) is 6.40. The highest BCUT2D eigenvalue weighted by atomic mass is 19.1. The number of halogens is 1. The minimum absolute atomic E-state index is 0.0472. The van der Waals surface area contributed by atoms with E-state index in [1.165, 1.54) is 31.4 Å². The van der Waals surface area contributed by atoms with Gasteiger partial charge in [-0.15, -0.1) is 0 Å². The molecule has 3 heteroatoms. The van der Waals surface area contributed by atoms with Crippen LogP contribution in [0.2, 0.25) is 0 Å². The molecule has 2 rings (SSSR count). The van der Waals surface area contributed by atoms with E-state index in [-0.39, 0.29) is 11.4 Å². The van der Waals surface area contributed by atoms with Gasteiger partial charge in [0.05, 0.1) is 0 Å². The first-order chi connectivity index (χ1) is 9.50. The fourth-order valence-electron chi connectivity index (χ4n) is 3.76. The lowest BCUT2D eigenvalue weighted by atomic mass is 9.89. The zero-order chi connectivity index (χ0) is 14.8. The molecule has 2 nitrogen and oxygen atoms in total. The van der Waals surface area contributed by atoms with Gasteiger partial charge in [-0.2, -0.15) is 0 Å². The molecule has 0 spiro atoms. The Hall–Kier alpha value is -0.930. The molecule has 0 aromatic heterocycles. The van der Waals surface area contributed by atoms with Crippen molar-refractivity contribution in [2.24, 2.45) is 5.73 Å². The molecular weight excluding hydrogens is 251 g/mol. The van der Waals surface area contributed by atoms with Crippen LogP contribution in [0.15, 0.2) is 24.3 Å². The van der Waals surface area contributed by atoms with Crippen LogP contribution in [0.1, 0.15) is 45.6 Å². The number of rotatable bonds is 5. The summed E-state index contributed by atoms with van der Waals surface area (Å²) in [5, 5.41) is 0. The Morgan fingerprint density at radius 1 is 1.30 bits per heavy atom. The number of nitrogens with zero attached hydrogens (tertiary/aromatic N) is 1. The van der Waals surface area contributed by atoms with Gasteiger partial charge in [-0.25, -0.2) is 4.39 Å². The van der Waals surface area contributed by atoms with Gasteiger partial charge in [0.25, 0.3) is 0 Å². The van der Waals surface area contributed by atoms with Gasteiger partial charge >= 0.3 is 0 Å². The SMILES string of the molecule is CCC1CCC(C)N1C(C)(CN)Cc1ccc(F)cc1. The zero-order valence-corrected chi connectivity index (χ0v) is 12.9. The van der Waals surface area contributed by atoms with E-state index in [4.69, 9.17) is 5.73 Å². The summed E-state index contributed by atoms with van der Waals surface area (Å²) >= 11 is 0. The topological polar surface area (TPSA) is 29.3 Å². The maximum Gasteiger partial charge on any atom is 0.123 e. The normalized spacial score (nSPS) is 26.6. The molecule has 0 bridgehead atoms. The molecule has 1 aromatic rings. The second-order valence-corrected chi connectivity index (χ2v) is 6.40. The zero-order valence-electron chi connectivity index (χ0n) is 12.9. The van der Waals surface area contributed by atoms with Gasteiger partial charge < -0.3 is 5.73 Å². The fraction of sp³-hybridized carbons (Fsp3) is 0.647. The van der Waals surface area contributed by atoms with Crippen molar-refractivity contribution in [3.8, 4) is 0 Å². The van der Waals surface area contributed by atoms with E-state index in [9.17, 15) is 4.39 Å². The molecule has 0 amide bonds. The summed E-state index contributed by atoms with van der Waals surface area (Å²) in [4.78, 5) is 2.61. The lowest BCUT2D eigenvalue weighted by molar-refractivity contribution is 0.0594. The van der Waals surface area contributed by atoms with Crippen molar-refractivity contribution < 1.29 is 4.39 Å². The molecule has 1 aliphatic heterocycles. The van der Waals surface area contributed by atoms with Gasteiger partial charge in [-0.05, 0) is 57.2 Å². The molecule has 1 heterocycles. The third-order valence-corrected chi connectivity index (χ3v) is 4.82. The van der Waals surface area contributed by atoms with E-state index in [0.717, 1.165) is 12.0 Å². The van der Waals surface area contributed by atoms with Crippen LogP contribution < -0.4 is 5.73 Å². The molecule has 0 saturated carbocycles. The average molecular weight is 278 g/mol. The molecule has 1 aliphatic rings. The number of nitrogens with two attached hydrogens (primary N) is 1. The minimum atomic E-state index is -0.177. The van der Waals surface area contributed by atoms with Gasteiger partial charge in [0.1, 0.15) is 5.82 Å². The molecular formula is C17H27FN2. The highest BCUT2D eigenvalue weighted by molar-refractivity contribution is 5.19. The van der Waals surface area contributed by atoms with Crippen molar-refractivity contribution >= 4 is 0 Å². The summed E-state index contributed by atoms with van der Waals surface area (Å²) in [5.41, 5.74) is 7.24. The van der Waals surface area contributed by atoms with E-state index in [1.807, 2.05) is 12.1 Å². The predicted molar refractivity (Wildman–Crippen MR) is 82.2 cm³/mol. The van der Waals surface area contributed by atoms with E-state index < -0.39 is 0 Å². The average Bonchev–Trinajstić information content (AvgIpc) is 2.83. The number of benzene rings is 1. The molecule has 1 saturated heterocycles. The summed E-state index contributed by atoms with van der Waals surface area (Å²) < 4.78 is 13.0. The largest absolute Gasteiger partial charge is 0.329 e. The van der Waals surface area contributed by atoms with E-state index in [2.05, 4.69) is 25.7 Å². The Bertz CT molecular complexity index is 431. The van der Waals surface area contributed by atoms with Crippen molar-refractivity contribution in [2.75, 3.05) is 6.54 Å². The van der Waals surface area contributed by atoms with Crippen molar-refractivity contribution in [1.82, 2.24) is 4.90 Å². The van der Waals surface area contributed by atoms with Crippen LogP contribution in [0.5, 0.6) is 0 Å². The minimum Gasteiger partial charge on any atom is -0.329 e. The Morgan fingerprint density at radius 3 is 2.50 bits per heavy atom. The van der Waals surface area contributed by atoms with Crippen molar-refractivity contribution in [3.63, 3.8) is 0 Å². The van der Waals surface area contributed by atoms with E-state index in [0.29, 0.717) is 18.6 Å². The van der Waals surface area contributed by atoms with Gasteiger partial charge in [0.2, 0.25) is 0 Å². The van der Waals surface area contributed by atoms with Crippen LogP contribution >= 0.6 is 0 Å². The Morgan fingerprint density at radius 2 is 1.95 bits per heavy atom. The molecule has 0 aliphatic carbocycles. The molecule has 1 fully saturated rings. The number of hydrogen-bond acceptors (Lipinski definition) is 2. The van der Waals surface area contributed by atoms with Gasteiger partial charge in [-0.3, -0.25) is 4.90 Å². The van der Waals surface area contributed by atoms with Gasteiger partial charge in [0.15, 0.2) is 0 Å². The highest BCUT2D eigenvalue weighted by Crippen LogP contribution is 2.34. The summed E-state index contributed by atoms with van der Waals surface area (Å²) in [6.45, 7) is 7.44. The van der Waals surface area contributed by atoms with Crippen LogP contribution in [0.4, 0.5) is 4.39 Å². The van der Waals surface area contributed by atoms with Crippen LogP contribution in [0, 0.1) is 5.82 Å². The van der Waals surface area contributed by atoms with Crippen LogP contribution in [0.3, 0.4) is 0 Å². The molecule has 3 unspecified atom stereocenters.